The van der Waals surface area contributed by atoms with Gasteiger partial charge in [-0.15, -0.1) is 12.6 Å². The van der Waals surface area contributed by atoms with Crippen LogP contribution in [0.1, 0.15) is 20.8 Å². The second kappa shape index (κ2) is 9.70. The summed E-state index contributed by atoms with van der Waals surface area (Å²) in [6.07, 6.45) is 11.3. The van der Waals surface area contributed by atoms with Crippen molar-refractivity contribution in [1.29, 1.82) is 0 Å². The number of thiol groups is 1. The molecular weight excluding hydrogens is 328 g/mol. The normalized spacial score (nSPS) is 21.3. The van der Waals surface area contributed by atoms with Gasteiger partial charge in [0.15, 0.2) is 0 Å². The number of hydrogen-bond donors (Lipinski definition) is 2. The zero-order chi connectivity index (χ0) is 17.4. The maximum absolute atomic E-state index is 12.0. The zero-order valence-corrected chi connectivity index (χ0v) is 15.7. The lowest BCUT2D eigenvalue weighted by atomic mass is 10.1. The lowest BCUT2D eigenvalue weighted by Crippen LogP contribution is -2.39. The number of amides is 1. The van der Waals surface area contributed by atoms with Crippen LogP contribution in [-0.4, -0.2) is 41.5 Å². The molecule has 0 heterocycles. The molecule has 0 spiro atoms. The van der Waals surface area contributed by atoms with Crippen LogP contribution in [-0.2, 0) is 9.53 Å². The van der Waals surface area contributed by atoms with E-state index in [4.69, 9.17) is 17.0 Å². The van der Waals surface area contributed by atoms with Crippen molar-refractivity contribution in [2.75, 3.05) is 13.6 Å². The second-order valence-electron chi connectivity index (χ2n) is 5.15. The number of allylic oxidation sites excluding steroid dienone is 5. The minimum atomic E-state index is -0.240. The van der Waals surface area contributed by atoms with Crippen molar-refractivity contribution >= 4 is 35.7 Å². The molecule has 0 fully saturated rings. The van der Waals surface area contributed by atoms with E-state index >= 15 is 0 Å². The highest BCUT2D eigenvalue weighted by Gasteiger charge is 2.19. The molecule has 0 saturated carbocycles. The van der Waals surface area contributed by atoms with Crippen molar-refractivity contribution in [3.63, 3.8) is 0 Å². The van der Waals surface area contributed by atoms with E-state index < -0.39 is 0 Å². The zero-order valence-electron chi connectivity index (χ0n) is 13.9. The van der Waals surface area contributed by atoms with Crippen LogP contribution in [0.5, 0.6) is 0 Å². The number of ether oxygens (including phenoxy) is 1. The monoisotopic (exact) mass is 352 g/mol. The lowest BCUT2D eigenvalue weighted by Gasteiger charge is -2.26. The van der Waals surface area contributed by atoms with Crippen molar-refractivity contribution in [2.24, 2.45) is 0 Å². The molecule has 2 atom stereocenters. The number of likely N-dealkylation sites (N-methyl/N-ethyl adjacent to an activating group) is 2. The Morgan fingerprint density at radius 1 is 1.35 bits per heavy atom. The van der Waals surface area contributed by atoms with E-state index in [-0.39, 0.29) is 18.1 Å². The Bertz CT molecular complexity index is 565. The van der Waals surface area contributed by atoms with Crippen molar-refractivity contribution in [2.45, 2.75) is 32.9 Å². The summed E-state index contributed by atoms with van der Waals surface area (Å²) in [4.78, 5) is 14.2. The SMILES string of the molecule is CCNC1C=CC=CC1O/C(C)=C\C=C(\S)C(=O)N(C)C(C)=S. The molecule has 6 heteroatoms. The molecule has 1 rings (SSSR count). The summed E-state index contributed by atoms with van der Waals surface area (Å²) in [5.41, 5.74) is 0. The van der Waals surface area contributed by atoms with E-state index in [1.807, 2.05) is 25.2 Å². The number of carbonyl (C=O) groups excluding carboxylic acids is 1. The first-order valence-corrected chi connectivity index (χ1v) is 8.33. The highest BCUT2D eigenvalue weighted by Crippen LogP contribution is 2.14. The van der Waals surface area contributed by atoms with E-state index in [1.54, 1.807) is 26.1 Å². The quantitative estimate of drug-likeness (QED) is 0.254. The predicted octanol–water partition coefficient (Wildman–Crippen LogP) is 3.00. The van der Waals surface area contributed by atoms with Crippen LogP contribution in [0.15, 0.2) is 47.1 Å². The molecule has 1 amide bonds. The Kier molecular flexibility index (Phi) is 8.30. The summed E-state index contributed by atoms with van der Waals surface area (Å²) in [6, 6.07) is 0.137. The predicted molar refractivity (Wildman–Crippen MR) is 102 cm³/mol. The Balaban J connectivity index is 2.71. The van der Waals surface area contributed by atoms with Crippen molar-refractivity contribution in [1.82, 2.24) is 10.2 Å². The van der Waals surface area contributed by atoms with Gasteiger partial charge in [-0.1, -0.05) is 37.4 Å². The van der Waals surface area contributed by atoms with E-state index in [1.165, 1.54) is 4.90 Å². The summed E-state index contributed by atoms with van der Waals surface area (Å²) < 4.78 is 5.93. The Hall–Kier alpha value is -1.37. The maximum atomic E-state index is 12.0. The fourth-order valence-electron chi connectivity index (χ4n) is 1.96. The molecule has 0 bridgehead atoms. The number of rotatable bonds is 6. The van der Waals surface area contributed by atoms with E-state index in [0.717, 1.165) is 6.54 Å². The van der Waals surface area contributed by atoms with Crippen molar-refractivity contribution in [3.05, 3.63) is 47.1 Å². The van der Waals surface area contributed by atoms with Gasteiger partial charge in [-0.2, -0.15) is 0 Å². The van der Waals surface area contributed by atoms with E-state index in [0.29, 0.717) is 15.7 Å². The Labute approximate surface area is 149 Å². The molecule has 126 valence electrons. The molecule has 0 aromatic rings. The van der Waals surface area contributed by atoms with Gasteiger partial charge in [0.1, 0.15) is 6.10 Å². The first-order chi connectivity index (χ1) is 10.9. The molecule has 2 unspecified atom stereocenters. The first-order valence-electron chi connectivity index (χ1n) is 7.48. The van der Waals surface area contributed by atoms with Crippen LogP contribution in [0, 0.1) is 0 Å². The average Bonchev–Trinajstić information content (AvgIpc) is 2.53. The first kappa shape index (κ1) is 19.7. The van der Waals surface area contributed by atoms with Crippen LogP contribution < -0.4 is 5.32 Å². The number of thiocarbonyl (C=S) groups is 1. The van der Waals surface area contributed by atoms with Crippen LogP contribution >= 0.6 is 24.8 Å². The summed E-state index contributed by atoms with van der Waals surface area (Å²) in [5, 5.41) is 3.35. The molecule has 1 aliphatic carbocycles. The van der Waals surface area contributed by atoms with Crippen molar-refractivity contribution < 1.29 is 9.53 Å². The second-order valence-corrected chi connectivity index (χ2v) is 6.22. The number of hydrogen-bond acceptors (Lipinski definition) is 5. The average molecular weight is 353 g/mol. The molecule has 0 aromatic heterocycles. The molecule has 0 radical (unpaired) electrons. The van der Waals surface area contributed by atoms with Crippen LogP contribution in [0.3, 0.4) is 0 Å². The van der Waals surface area contributed by atoms with E-state index in [2.05, 4.69) is 30.9 Å². The third kappa shape index (κ3) is 6.33. The highest BCUT2D eigenvalue weighted by atomic mass is 32.1. The van der Waals surface area contributed by atoms with Gasteiger partial charge in [0.2, 0.25) is 0 Å². The fourth-order valence-corrected chi connectivity index (χ4v) is 2.26. The topological polar surface area (TPSA) is 41.6 Å². The summed E-state index contributed by atoms with van der Waals surface area (Å²) in [6.45, 7) is 6.47. The van der Waals surface area contributed by atoms with Gasteiger partial charge >= 0.3 is 0 Å². The molecule has 4 nitrogen and oxygen atoms in total. The van der Waals surface area contributed by atoms with Crippen LogP contribution in [0.2, 0.25) is 0 Å². The van der Waals surface area contributed by atoms with Gasteiger partial charge < -0.3 is 15.0 Å². The lowest BCUT2D eigenvalue weighted by molar-refractivity contribution is -0.121. The van der Waals surface area contributed by atoms with Gasteiger partial charge in [0.25, 0.3) is 5.91 Å². The Morgan fingerprint density at radius 2 is 2.00 bits per heavy atom. The van der Waals surface area contributed by atoms with Gasteiger partial charge in [-0.05, 0) is 38.6 Å². The highest BCUT2D eigenvalue weighted by molar-refractivity contribution is 7.85. The third-order valence-electron chi connectivity index (χ3n) is 3.32. The third-order valence-corrected chi connectivity index (χ3v) is 3.93. The van der Waals surface area contributed by atoms with E-state index in [9.17, 15) is 4.79 Å². The number of nitrogens with one attached hydrogen (secondary N) is 1. The summed E-state index contributed by atoms with van der Waals surface area (Å²) in [5.74, 6) is 0.467. The van der Waals surface area contributed by atoms with Gasteiger partial charge in [-0.25, -0.2) is 0 Å². The van der Waals surface area contributed by atoms with Gasteiger partial charge in [-0.3, -0.25) is 4.79 Å². The minimum absolute atomic E-state index is 0.0745. The smallest absolute Gasteiger partial charge is 0.264 e. The molecule has 1 N–H and O–H groups in total. The minimum Gasteiger partial charge on any atom is -0.489 e. The fraction of sp³-hybridized carbons (Fsp3) is 0.412. The summed E-state index contributed by atoms with van der Waals surface area (Å²) >= 11 is 9.20. The Morgan fingerprint density at radius 3 is 2.61 bits per heavy atom. The molecular formula is C17H24N2O2S2. The molecule has 0 aliphatic heterocycles. The standard InChI is InChI=1S/C17H24N2O2S2/c1-5-18-14-8-6-7-9-15(14)21-12(2)10-11-16(23)17(20)19(4)13(3)22/h6-11,14-15,18,23H,5H2,1-4H3/b12-10-,16-11+. The number of carbonyl (C=O) groups is 1. The summed E-state index contributed by atoms with van der Waals surface area (Å²) in [7, 11) is 1.63. The molecule has 23 heavy (non-hydrogen) atoms. The maximum Gasteiger partial charge on any atom is 0.264 e. The van der Waals surface area contributed by atoms with Crippen molar-refractivity contribution in [3.8, 4) is 0 Å². The van der Waals surface area contributed by atoms with Crippen LogP contribution in [0.25, 0.3) is 0 Å². The molecule has 0 saturated heterocycles. The number of nitrogens with zero attached hydrogens (tertiary/aromatic N) is 1. The molecule has 0 aromatic carbocycles. The molecule has 1 aliphatic rings. The van der Waals surface area contributed by atoms with Gasteiger partial charge in [0, 0.05) is 7.05 Å². The van der Waals surface area contributed by atoms with Gasteiger partial charge in [0.05, 0.1) is 21.7 Å². The largest absolute Gasteiger partial charge is 0.489 e. The van der Waals surface area contributed by atoms with Crippen LogP contribution in [0.4, 0.5) is 0 Å².